The second-order valence-corrected chi connectivity index (χ2v) is 9.66. The first-order valence-corrected chi connectivity index (χ1v) is 11.6. The van der Waals surface area contributed by atoms with Gasteiger partial charge in [-0.05, 0) is 65.1 Å². The van der Waals surface area contributed by atoms with Gasteiger partial charge in [-0.1, -0.05) is 36.6 Å². The van der Waals surface area contributed by atoms with Crippen LogP contribution in [-0.2, 0) is 16.8 Å². The van der Waals surface area contributed by atoms with Crippen LogP contribution in [0.3, 0.4) is 0 Å². The van der Waals surface area contributed by atoms with Gasteiger partial charge < -0.3 is 10.4 Å². The molecule has 2 N–H and O–H groups in total. The fourth-order valence-corrected chi connectivity index (χ4v) is 5.73. The summed E-state index contributed by atoms with van der Waals surface area (Å²) in [6.07, 6.45) is 3.26. The maximum atomic E-state index is 13.2. The maximum Gasteiger partial charge on any atom is 0.230 e. The number of thiophene rings is 2. The summed E-state index contributed by atoms with van der Waals surface area (Å²) >= 11 is 9.15. The third-order valence-electron chi connectivity index (χ3n) is 5.52. The molecule has 2 aromatic heterocycles. The number of aliphatic hydroxyl groups is 1. The molecule has 0 aliphatic heterocycles. The number of halogens is 1. The van der Waals surface area contributed by atoms with Gasteiger partial charge in [0.05, 0.1) is 12.0 Å². The minimum Gasteiger partial charge on any atom is -0.383 e. The highest BCUT2D eigenvalue weighted by atomic mass is 35.5. The molecule has 0 spiro atoms. The molecule has 1 saturated carbocycles. The highest BCUT2D eigenvalue weighted by Gasteiger charge is 2.42. The molecule has 1 fully saturated rings. The van der Waals surface area contributed by atoms with Crippen molar-refractivity contribution < 1.29 is 9.90 Å². The quantitative estimate of drug-likeness (QED) is 0.528. The van der Waals surface area contributed by atoms with Gasteiger partial charge >= 0.3 is 0 Å². The Morgan fingerprint density at radius 1 is 1.14 bits per heavy atom. The van der Waals surface area contributed by atoms with Gasteiger partial charge in [0.15, 0.2) is 0 Å². The van der Waals surface area contributed by atoms with Crippen molar-refractivity contribution in [3.8, 4) is 0 Å². The number of benzene rings is 1. The van der Waals surface area contributed by atoms with Crippen LogP contribution in [0.1, 0.15) is 52.7 Å². The molecule has 0 unspecified atom stereocenters. The van der Waals surface area contributed by atoms with Crippen LogP contribution in [0.15, 0.2) is 53.2 Å². The lowest BCUT2D eigenvalue weighted by Gasteiger charge is -2.28. The maximum absolute atomic E-state index is 13.2. The summed E-state index contributed by atoms with van der Waals surface area (Å²) in [5.74, 6) is 0.0839. The van der Waals surface area contributed by atoms with E-state index in [4.69, 9.17) is 11.6 Å². The van der Waals surface area contributed by atoms with Gasteiger partial charge in [0.25, 0.3) is 0 Å². The largest absolute Gasteiger partial charge is 0.383 e. The van der Waals surface area contributed by atoms with Gasteiger partial charge in [-0.15, -0.1) is 11.3 Å². The van der Waals surface area contributed by atoms with Crippen LogP contribution in [0.25, 0.3) is 0 Å². The molecule has 1 aliphatic rings. The molecule has 3 aromatic rings. The number of carbonyl (C=O) groups excluding carboxylic acids is 1. The van der Waals surface area contributed by atoms with Crippen LogP contribution in [0.4, 0.5) is 0 Å². The smallest absolute Gasteiger partial charge is 0.230 e. The molecule has 28 heavy (non-hydrogen) atoms. The van der Waals surface area contributed by atoms with Crippen LogP contribution in [-0.4, -0.2) is 11.0 Å². The Labute approximate surface area is 178 Å². The van der Waals surface area contributed by atoms with E-state index < -0.39 is 11.5 Å². The second-order valence-electron chi connectivity index (χ2n) is 7.24. The molecule has 1 amide bonds. The Morgan fingerprint density at radius 2 is 1.89 bits per heavy atom. The number of hydrogen-bond donors (Lipinski definition) is 2. The average Bonchev–Trinajstić information content (AvgIpc) is 3.48. The number of rotatable bonds is 6. The van der Waals surface area contributed by atoms with E-state index >= 15 is 0 Å². The summed E-state index contributed by atoms with van der Waals surface area (Å²) < 4.78 is 0. The van der Waals surface area contributed by atoms with Crippen molar-refractivity contribution in [3.05, 3.63) is 79.1 Å². The highest BCUT2D eigenvalue weighted by molar-refractivity contribution is 7.12. The van der Waals surface area contributed by atoms with Gasteiger partial charge in [-0.3, -0.25) is 4.79 Å². The van der Waals surface area contributed by atoms with E-state index in [1.807, 2.05) is 53.2 Å². The third kappa shape index (κ3) is 3.90. The van der Waals surface area contributed by atoms with E-state index in [1.54, 1.807) is 22.7 Å². The monoisotopic (exact) mass is 431 g/mol. The highest BCUT2D eigenvalue weighted by Crippen LogP contribution is 2.42. The summed E-state index contributed by atoms with van der Waals surface area (Å²) in [6.45, 7) is 0.481. The Balaban J connectivity index is 1.45. The molecule has 2 heterocycles. The number of amides is 1. The van der Waals surface area contributed by atoms with Crippen LogP contribution >= 0.6 is 34.3 Å². The predicted octanol–water partition coefficient (Wildman–Crippen LogP) is 5.67. The molecular formula is C22H22ClNO2S2. The standard InChI is InChI=1S/C22H22ClNO2S2/c23-17-5-3-16(4-6-17)22(10-1-2-11-22)21(26)24-13-18-7-8-19(28-18)20(25)15-9-12-27-14-15/h3-9,12,14,20,25H,1-2,10-11,13H2,(H,24,26)/t20-/m1/s1. The SMILES string of the molecule is O=C(NCc1ccc([C@H](O)c2ccsc2)s1)C1(c2ccc(Cl)cc2)CCCC1. The molecule has 4 rings (SSSR count). The molecule has 3 nitrogen and oxygen atoms in total. The second kappa shape index (κ2) is 8.37. The van der Waals surface area contributed by atoms with Crippen LogP contribution in [0, 0.1) is 0 Å². The Bertz CT molecular complexity index is 928. The first-order valence-electron chi connectivity index (χ1n) is 9.42. The van der Waals surface area contributed by atoms with Crippen LogP contribution < -0.4 is 5.32 Å². The van der Waals surface area contributed by atoms with E-state index in [1.165, 1.54) is 0 Å². The molecule has 1 atom stereocenters. The van der Waals surface area contributed by atoms with Gasteiger partial charge in [0.1, 0.15) is 6.10 Å². The van der Waals surface area contributed by atoms with Crippen molar-refractivity contribution >= 4 is 40.2 Å². The molecule has 6 heteroatoms. The predicted molar refractivity (Wildman–Crippen MR) is 116 cm³/mol. The van der Waals surface area contributed by atoms with E-state index in [9.17, 15) is 9.90 Å². The molecule has 0 bridgehead atoms. The van der Waals surface area contributed by atoms with Crippen LogP contribution in [0.2, 0.25) is 5.02 Å². The minimum atomic E-state index is -0.601. The van der Waals surface area contributed by atoms with Gasteiger partial charge in [0, 0.05) is 14.8 Å². The average molecular weight is 432 g/mol. The molecule has 1 aliphatic carbocycles. The number of carbonyl (C=O) groups is 1. The van der Waals surface area contributed by atoms with Crippen LogP contribution in [0.5, 0.6) is 0 Å². The number of aliphatic hydroxyl groups excluding tert-OH is 1. The van der Waals surface area contributed by atoms with E-state index in [-0.39, 0.29) is 5.91 Å². The lowest BCUT2D eigenvalue weighted by atomic mass is 9.78. The normalized spacial score (nSPS) is 16.8. The van der Waals surface area contributed by atoms with Crippen molar-refractivity contribution in [2.75, 3.05) is 0 Å². The lowest BCUT2D eigenvalue weighted by Crippen LogP contribution is -2.42. The number of nitrogens with one attached hydrogen (secondary N) is 1. The zero-order valence-electron chi connectivity index (χ0n) is 15.4. The molecule has 0 radical (unpaired) electrons. The fourth-order valence-electron chi connectivity index (χ4n) is 3.96. The minimum absolute atomic E-state index is 0.0839. The summed E-state index contributed by atoms with van der Waals surface area (Å²) in [4.78, 5) is 15.1. The third-order valence-corrected chi connectivity index (χ3v) is 7.61. The Kier molecular flexibility index (Phi) is 5.88. The molecule has 1 aromatic carbocycles. The Morgan fingerprint density at radius 3 is 2.57 bits per heavy atom. The summed E-state index contributed by atoms with van der Waals surface area (Å²) in [5, 5.41) is 18.2. The molecule has 0 saturated heterocycles. The topological polar surface area (TPSA) is 49.3 Å². The first kappa shape index (κ1) is 19.6. The first-order chi connectivity index (χ1) is 13.6. The van der Waals surface area contributed by atoms with E-state index in [0.29, 0.717) is 11.6 Å². The summed E-state index contributed by atoms with van der Waals surface area (Å²) in [6, 6.07) is 13.6. The lowest BCUT2D eigenvalue weighted by molar-refractivity contribution is -0.126. The Hall–Kier alpha value is -1.66. The van der Waals surface area contributed by atoms with Crippen molar-refractivity contribution in [1.29, 1.82) is 0 Å². The van der Waals surface area contributed by atoms with Gasteiger partial charge in [0.2, 0.25) is 5.91 Å². The van der Waals surface area contributed by atoms with Gasteiger partial charge in [-0.2, -0.15) is 11.3 Å². The summed E-state index contributed by atoms with van der Waals surface area (Å²) in [5.41, 5.74) is 1.50. The van der Waals surface area contributed by atoms with Crippen molar-refractivity contribution in [2.24, 2.45) is 0 Å². The molecular weight excluding hydrogens is 410 g/mol. The van der Waals surface area contributed by atoms with Crippen molar-refractivity contribution in [3.63, 3.8) is 0 Å². The van der Waals surface area contributed by atoms with E-state index in [2.05, 4.69) is 5.32 Å². The van der Waals surface area contributed by atoms with Crippen molar-refractivity contribution in [2.45, 2.75) is 43.7 Å². The van der Waals surface area contributed by atoms with Crippen molar-refractivity contribution in [1.82, 2.24) is 5.32 Å². The molecule has 146 valence electrons. The van der Waals surface area contributed by atoms with E-state index in [0.717, 1.165) is 46.6 Å². The number of hydrogen-bond acceptors (Lipinski definition) is 4. The zero-order valence-corrected chi connectivity index (χ0v) is 17.7. The van der Waals surface area contributed by atoms with Gasteiger partial charge in [-0.25, -0.2) is 0 Å². The summed E-state index contributed by atoms with van der Waals surface area (Å²) in [7, 11) is 0. The fraction of sp³-hybridized carbons (Fsp3) is 0.318. The zero-order chi connectivity index (χ0) is 19.6.